The van der Waals surface area contributed by atoms with Crippen molar-refractivity contribution < 1.29 is 4.74 Å². The molecule has 2 nitrogen and oxygen atoms in total. The Morgan fingerprint density at radius 3 is 2.74 bits per heavy atom. The van der Waals surface area contributed by atoms with Crippen LogP contribution in [0, 0.1) is 5.41 Å². The predicted octanol–water partition coefficient (Wildman–Crippen LogP) is 4.17. The molecule has 0 aliphatic heterocycles. The first-order valence-corrected chi connectivity index (χ1v) is 7.96. The topological polar surface area (TPSA) is 21.3 Å². The van der Waals surface area contributed by atoms with Crippen LogP contribution in [-0.4, -0.2) is 19.7 Å². The number of benzene rings is 1. The van der Waals surface area contributed by atoms with Crippen LogP contribution in [0.5, 0.6) is 5.75 Å². The first kappa shape index (κ1) is 14.9. The van der Waals surface area contributed by atoms with Crippen LogP contribution in [-0.2, 0) is 6.42 Å². The molecule has 1 fully saturated rings. The number of nitrogens with one attached hydrogen (secondary N) is 1. The number of halogens is 1. The number of hydrogen-bond acceptors (Lipinski definition) is 2. The summed E-state index contributed by atoms with van der Waals surface area (Å²) in [7, 11) is 1.76. The molecule has 19 heavy (non-hydrogen) atoms. The first-order chi connectivity index (χ1) is 9.11. The van der Waals surface area contributed by atoms with Crippen molar-refractivity contribution in [3.63, 3.8) is 0 Å². The van der Waals surface area contributed by atoms with E-state index in [1.807, 2.05) is 6.07 Å². The highest BCUT2D eigenvalue weighted by molar-refractivity contribution is 9.10. The molecule has 1 aliphatic carbocycles. The molecule has 2 rings (SSSR count). The molecule has 1 aromatic carbocycles. The van der Waals surface area contributed by atoms with Crippen LogP contribution in [0.25, 0.3) is 0 Å². The maximum absolute atomic E-state index is 5.49. The van der Waals surface area contributed by atoms with E-state index in [9.17, 15) is 0 Å². The highest BCUT2D eigenvalue weighted by Crippen LogP contribution is 2.52. The average Bonchev–Trinajstić information content (AvgIpc) is 3.17. The zero-order valence-electron chi connectivity index (χ0n) is 12.1. The number of methoxy groups -OCH3 is 1. The molecule has 0 radical (unpaired) electrons. The van der Waals surface area contributed by atoms with Gasteiger partial charge in [-0.3, -0.25) is 0 Å². The summed E-state index contributed by atoms with van der Waals surface area (Å²) in [5.74, 6) is 1.01. The largest absolute Gasteiger partial charge is 0.496 e. The molecule has 0 amide bonds. The van der Waals surface area contributed by atoms with E-state index in [1.54, 1.807) is 7.11 Å². The maximum Gasteiger partial charge on any atom is 0.122 e. The van der Waals surface area contributed by atoms with Gasteiger partial charge in [0.25, 0.3) is 0 Å². The zero-order chi connectivity index (χ0) is 13.9. The van der Waals surface area contributed by atoms with Crippen molar-refractivity contribution in [3.05, 3.63) is 28.2 Å². The van der Waals surface area contributed by atoms with Gasteiger partial charge in [0.15, 0.2) is 0 Å². The Labute approximate surface area is 125 Å². The van der Waals surface area contributed by atoms with Crippen molar-refractivity contribution >= 4 is 15.9 Å². The predicted molar refractivity (Wildman–Crippen MR) is 83.8 cm³/mol. The minimum Gasteiger partial charge on any atom is -0.496 e. The van der Waals surface area contributed by atoms with Gasteiger partial charge in [-0.1, -0.05) is 22.9 Å². The van der Waals surface area contributed by atoms with E-state index in [0.717, 1.165) is 23.2 Å². The van der Waals surface area contributed by atoms with Gasteiger partial charge in [-0.2, -0.15) is 0 Å². The van der Waals surface area contributed by atoms with Crippen LogP contribution in [0.15, 0.2) is 22.7 Å². The zero-order valence-corrected chi connectivity index (χ0v) is 13.7. The number of ether oxygens (including phenoxy) is 1. The Morgan fingerprint density at radius 1 is 1.42 bits per heavy atom. The van der Waals surface area contributed by atoms with Crippen LogP contribution in [0.4, 0.5) is 0 Å². The molecule has 0 aromatic heterocycles. The van der Waals surface area contributed by atoms with Crippen molar-refractivity contribution in [3.8, 4) is 5.75 Å². The van der Waals surface area contributed by atoms with Gasteiger partial charge < -0.3 is 10.1 Å². The van der Waals surface area contributed by atoms with Crippen LogP contribution in [0.1, 0.15) is 38.7 Å². The Morgan fingerprint density at radius 2 is 2.16 bits per heavy atom. The van der Waals surface area contributed by atoms with Gasteiger partial charge in [0.05, 0.1) is 7.11 Å². The Bertz CT molecular complexity index is 429. The lowest BCUT2D eigenvalue weighted by Crippen LogP contribution is -2.36. The average molecular weight is 326 g/mol. The van der Waals surface area contributed by atoms with Crippen molar-refractivity contribution in [1.82, 2.24) is 5.32 Å². The highest BCUT2D eigenvalue weighted by atomic mass is 79.9. The molecule has 1 N–H and O–H groups in total. The lowest BCUT2D eigenvalue weighted by atomic mass is 9.89. The summed E-state index contributed by atoms with van der Waals surface area (Å²) >= 11 is 3.56. The van der Waals surface area contributed by atoms with Crippen molar-refractivity contribution in [2.24, 2.45) is 5.41 Å². The maximum atomic E-state index is 5.49. The second-order valence-electron chi connectivity index (χ2n) is 5.67. The fourth-order valence-corrected chi connectivity index (χ4v) is 3.17. The van der Waals surface area contributed by atoms with Crippen molar-refractivity contribution in [2.75, 3.05) is 13.7 Å². The summed E-state index contributed by atoms with van der Waals surface area (Å²) in [5, 5.41) is 3.65. The summed E-state index contributed by atoms with van der Waals surface area (Å²) in [5.41, 5.74) is 1.75. The molecular weight excluding hydrogens is 302 g/mol. The SMILES string of the molecule is CCCNC(C)C1(Cc2cc(Br)ccc2OC)CC1. The third-order valence-corrected chi connectivity index (χ3v) is 4.79. The quantitative estimate of drug-likeness (QED) is 0.812. The summed E-state index contributed by atoms with van der Waals surface area (Å²) in [4.78, 5) is 0. The molecule has 1 aliphatic rings. The van der Waals surface area contributed by atoms with Gasteiger partial charge in [-0.15, -0.1) is 0 Å². The molecule has 1 atom stereocenters. The molecule has 0 heterocycles. The molecule has 1 aromatic rings. The van der Waals surface area contributed by atoms with Crippen LogP contribution in [0.3, 0.4) is 0 Å². The standard InChI is InChI=1S/C16H24BrNO/c1-4-9-18-12(2)16(7-8-16)11-13-10-14(17)5-6-15(13)19-3/h5-6,10,12,18H,4,7-9,11H2,1-3H3. The van der Waals surface area contributed by atoms with Crippen molar-refractivity contribution in [2.45, 2.75) is 45.6 Å². The Kier molecular flexibility index (Phi) is 4.91. The second kappa shape index (κ2) is 6.27. The van der Waals surface area contributed by atoms with Gasteiger partial charge in [0, 0.05) is 10.5 Å². The number of rotatable bonds is 7. The molecule has 106 valence electrons. The van der Waals surface area contributed by atoms with E-state index < -0.39 is 0 Å². The van der Waals surface area contributed by atoms with Gasteiger partial charge >= 0.3 is 0 Å². The normalized spacial score (nSPS) is 18.1. The summed E-state index contributed by atoms with van der Waals surface area (Å²) < 4.78 is 6.63. The Hall–Kier alpha value is -0.540. The molecule has 1 unspecified atom stereocenters. The summed E-state index contributed by atoms with van der Waals surface area (Å²) in [6, 6.07) is 6.88. The van der Waals surface area contributed by atoms with Crippen LogP contribution < -0.4 is 10.1 Å². The fraction of sp³-hybridized carbons (Fsp3) is 0.625. The fourth-order valence-electron chi connectivity index (χ4n) is 2.77. The Balaban J connectivity index is 2.10. The summed E-state index contributed by atoms with van der Waals surface area (Å²) in [6.45, 7) is 5.66. The summed E-state index contributed by atoms with van der Waals surface area (Å²) in [6.07, 6.45) is 4.94. The highest BCUT2D eigenvalue weighted by Gasteiger charge is 2.47. The third-order valence-electron chi connectivity index (χ3n) is 4.30. The van der Waals surface area contributed by atoms with E-state index >= 15 is 0 Å². The molecule has 1 saturated carbocycles. The van der Waals surface area contributed by atoms with Crippen LogP contribution in [0.2, 0.25) is 0 Å². The molecular formula is C16H24BrNO. The van der Waals surface area contributed by atoms with E-state index in [1.165, 1.54) is 24.8 Å². The third kappa shape index (κ3) is 3.51. The lowest BCUT2D eigenvalue weighted by Gasteiger charge is -2.25. The van der Waals surface area contributed by atoms with Gasteiger partial charge in [-0.05, 0) is 68.3 Å². The number of hydrogen-bond donors (Lipinski definition) is 1. The first-order valence-electron chi connectivity index (χ1n) is 7.17. The van der Waals surface area contributed by atoms with Gasteiger partial charge in [0.2, 0.25) is 0 Å². The van der Waals surface area contributed by atoms with Gasteiger partial charge in [-0.25, -0.2) is 0 Å². The molecule has 3 heteroatoms. The van der Waals surface area contributed by atoms with E-state index in [0.29, 0.717) is 11.5 Å². The van der Waals surface area contributed by atoms with E-state index in [-0.39, 0.29) is 0 Å². The van der Waals surface area contributed by atoms with E-state index in [4.69, 9.17) is 4.74 Å². The minimum absolute atomic E-state index is 0.434. The smallest absolute Gasteiger partial charge is 0.122 e. The second-order valence-corrected chi connectivity index (χ2v) is 6.59. The molecule has 0 spiro atoms. The van der Waals surface area contributed by atoms with E-state index in [2.05, 4.69) is 47.2 Å². The minimum atomic E-state index is 0.434. The van der Waals surface area contributed by atoms with Crippen LogP contribution >= 0.6 is 15.9 Å². The molecule has 0 saturated heterocycles. The lowest BCUT2D eigenvalue weighted by molar-refractivity contribution is 0.341. The van der Waals surface area contributed by atoms with Crippen molar-refractivity contribution in [1.29, 1.82) is 0 Å². The molecule has 0 bridgehead atoms. The van der Waals surface area contributed by atoms with Gasteiger partial charge in [0.1, 0.15) is 5.75 Å². The monoisotopic (exact) mass is 325 g/mol.